The van der Waals surface area contributed by atoms with E-state index in [4.69, 9.17) is 22.4 Å². The summed E-state index contributed by atoms with van der Waals surface area (Å²) in [5.74, 6) is -1.15. The minimum atomic E-state index is -3.96. The molecule has 2 rings (SSSR count). The number of aliphatic carboxylic acids is 1. The van der Waals surface area contributed by atoms with Crippen LogP contribution in [0.15, 0.2) is 17.0 Å². The van der Waals surface area contributed by atoms with Crippen LogP contribution >= 0.6 is 11.6 Å². The number of carbonyl (C=O) groups is 1. The summed E-state index contributed by atoms with van der Waals surface area (Å²) >= 11 is 5.94. The number of nitrogens with two attached hydrogens (primary N) is 1. The second kappa shape index (κ2) is 5.23. The number of halogens is 1. The predicted octanol–water partition coefficient (Wildman–Crippen LogP) is 1.47. The van der Waals surface area contributed by atoms with Gasteiger partial charge in [-0.25, -0.2) is 8.42 Å². The Morgan fingerprint density at radius 1 is 1.50 bits per heavy atom. The number of carboxylic acid groups (broad SMARTS) is 1. The zero-order valence-electron chi connectivity index (χ0n) is 10.8. The van der Waals surface area contributed by atoms with Crippen LogP contribution in [0.5, 0.6) is 0 Å². The number of rotatable bonds is 3. The molecule has 20 heavy (non-hydrogen) atoms. The molecular weight excluding hydrogens is 304 g/mol. The summed E-state index contributed by atoms with van der Waals surface area (Å²) in [4.78, 5) is 11.0. The van der Waals surface area contributed by atoms with E-state index in [1.165, 1.54) is 12.1 Å². The first kappa shape index (κ1) is 15.1. The van der Waals surface area contributed by atoms with Gasteiger partial charge in [0.05, 0.1) is 5.69 Å². The van der Waals surface area contributed by atoms with Gasteiger partial charge in [0.25, 0.3) is 0 Å². The standard InChI is InChI=1S/C12H15ClN2O4S/c1-7-5-9(14)11(6-8(7)13)20(18,19)15-4-2-3-10(15)12(16)17/h5-6,10H,2-4,14H2,1H3,(H,16,17)/t10-/m0/s1. The third kappa shape index (κ3) is 2.48. The van der Waals surface area contributed by atoms with Crippen LogP contribution in [0.4, 0.5) is 5.69 Å². The van der Waals surface area contributed by atoms with Crippen molar-refractivity contribution in [2.45, 2.75) is 30.7 Å². The number of sulfonamides is 1. The molecule has 3 N–H and O–H groups in total. The summed E-state index contributed by atoms with van der Waals surface area (Å²) in [6.45, 7) is 1.88. The SMILES string of the molecule is Cc1cc(N)c(S(=O)(=O)N2CCC[C@H]2C(=O)O)cc1Cl. The fourth-order valence-corrected chi connectivity index (χ4v) is 4.31. The van der Waals surface area contributed by atoms with Crippen LogP contribution in [-0.4, -0.2) is 36.4 Å². The Labute approximate surface area is 122 Å². The second-order valence-corrected chi connectivity index (χ2v) is 7.02. The van der Waals surface area contributed by atoms with Gasteiger partial charge in [-0.15, -0.1) is 0 Å². The molecule has 1 aromatic rings. The molecule has 1 heterocycles. The summed E-state index contributed by atoms with van der Waals surface area (Å²) in [5, 5.41) is 9.38. The Morgan fingerprint density at radius 2 is 2.15 bits per heavy atom. The first-order chi connectivity index (χ1) is 9.25. The van der Waals surface area contributed by atoms with Crippen LogP contribution in [-0.2, 0) is 14.8 Å². The summed E-state index contributed by atoms with van der Waals surface area (Å²) in [6, 6.07) is 1.71. The van der Waals surface area contributed by atoms with Crippen molar-refractivity contribution in [2.24, 2.45) is 0 Å². The molecule has 1 saturated heterocycles. The fourth-order valence-electron chi connectivity index (χ4n) is 2.31. The van der Waals surface area contributed by atoms with Crippen molar-refractivity contribution < 1.29 is 18.3 Å². The number of nitrogen functional groups attached to an aromatic ring is 1. The second-order valence-electron chi connectivity index (χ2n) is 4.75. The lowest BCUT2D eigenvalue weighted by Gasteiger charge is -2.22. The topological polar surface area (TPSA) is 101 Å². The lowest BCUT2D eigenvalue weighted by Crippen LogP contribution is -2.40. The Kier molecular flexibility index (Phi) is 3.95. The monoisotopic (exact) mass is 318 g/mol. The van der Waals surface area contributed by atoms with Gasteiger partial charge in [0, 0.05) is 11.6 Å². The van der Waals surface area contributed by atoms with Gasteiger partial charge in [-0.3, -0.25) is 4.79 Å². The normalized spacial score (nSPS) is 20.2. The molecule has 8 heteroatoms. The van der Waals surface area contributed by atoms with E-state index in [-0.39, 0.29) is 22.2 Å². The number of hydrogen-bond acceptors (Lipinski definition) is 4. The number of nitrogens with zero attached hydrogens (tertiary/aromatic N) is 1. The van der Waals surface area contributed by atoms with Gasteiger partial charge in [-0.1, -0.05) is 11.6 Å². The van der Waals surface area contributed by atoms with Crippen molar-refractivity contribution in [2.75, 3.05) is 12.3 Å². The highest BCUT2D eigenvalue weighted by molar-refractivity contribution is 7.89. The summed E-state index contributed by atoms with van der Waals surface area (Å²) < 4.78 is 26.1. The quantitative estimate of drug-likeness (QED) is 0.822. The molecule has 0 unspecified atom stereocenters. The largest absolute Gasteiger partial charge is 0.480 e. The average molecular weight is 319 g/mol. The van der Waals surface area contributed by atoms with E-state index in [0.717, 1.165) is 4.31 Å². The maximum absolute atomic E-state index is 12.6. The maximum atomic E-state index is 12.6. The molecule has 0 aliphatic carbocycles. The van der Waals surface area contributed by atoms with Crippen LogP contribution in [0.3, 0.4) is 0 Å². The number of carboxylic acids is 1. The summed E-state index contributed by atoms with van der Waals surface area (Å²) in [7, 11) is -3.96. The lowest BCUT2D eigenvalue weighted by molar-refractivity contribution is -0.140. The Morgan fingerprint density at radius 3 is 2.75 bits per heavy atom. The first-order valence-electron chi connectivity index (χ1n) is 6.05. The van der Waals surface area contributed by atoms with E-state index in [0.29, 0.717) is 18.4 Å². The van der Waals surface area contributed by atoms with Gasteiger partial charge in [0.2, 0.25) is 10.0 Å². The van der Waals surface area contributed by atoms with E-state index in [2.05, 4.69) is 0 Å². The molecule has 0 saturated carbocycles. The van der Waals surface area contributed by atoms with Gasteiger partial charge in [0.15, 0.2) is 0 Å². The van der Waals surface area contributed by atoms with E-state index in [1.807, 2.05) is 0 Å². The molecule has 1 atom stereocenters. The van der Waals surface area contributed by atoms with E-state index in [1.54, 1.807) is 6.92 Å². The minimum absolute atomic E-state index is 0.0722. The highest BCUT2D eigenvalue weighted by atomic mass is 35.5. The Hall–Kier alpha value is -1.31. The van der Waals surface area contributed by atoms with Crippen molar-refractivity contribution in [3.63, 3.8) is 0 Å². The number of aryl methyl sites for hydroxylation is 1. The molecule has 0 radical (unpaired) electrons. The summed E-state index contributed by atoms with van der Waals surface area (Å²) in [6.07, 6.45) is 0.809. The average Bonchev–Trinajstić information content (AvgIpc) is 2.83. The highest BCUT2D eigenvalue weighted by Crippen LogP contribution is 2.32. The van der Waals surface area contributed by atoms with Crippen LogP contribution in [0.1, 0.15) is 18.4 Å². The molecular formula is C12H15ClN2O4S. The minimum Gasteiger partial charge on any atom is -0.480 e. The van der Waals surface area contributed by atoms with E-state index < -0.39 is 22.0 Å². The molecule has 0 aromatic heterocycles. The summed E-state index contributed by atoms with van der Waals surface area (Å²) in [5.41, 5.74) is 6.49. The molecule has 1 aromatic carbocycles. The smallest absolute Gasteiger partial charge is 0.322 e. The van der Waals surface area contributed by atoms with Gasteiger partial charge in [-0.2, -0.15) is 4.31 Å². The third-order valence-corrected chi connectivity index (χ3v) is 5.74. The van der Waals surface area contributed by atoms with Crippen molar-refractivity contribution in [1.82, 2.24) is 4.31 Å². The van der Waals surface area contributed by atoms with Gasteiger partial charge in [-0.05, 0) is 37.5 Å². The van der Waals surface area contributed by atoms with Crippen LogP contribution < -0.4 is 5.73 Å². The lowest BCUT2D eigenvalue weighted by atomic mass is 10.2. The van der Waals surface area contributed by atoms with Crippen LogP contribution in [0.25, 0.3) is 0 Å². The molecule has 110 valence electrons. The Bertz CT molecular complexity index is 660. The first-order valence-corrected chi connectivity index (χ1v) is 7.87. The van der Waals surface area contributed by atoms with E-state index >= 15 is 0 Å². The number of anilines is 1. The highest BCUT2D eigenvalue weighted by Gasteiger charge is 2.40. The zero-order valence-corrected chi connectivity index (χ0v) is 12.4. The molecule has 0 spiro atoms. The predicted molar refractivity (Wildman–Crippen MR) is 75.2 cm³/mol. The van der Waals surface area contributed by atoms with Crippen molar-refractivity contribution in [3.05, 3.63) is 22.7 Å². The van der Waals surface area contributed by atoms with Crippen molar-refractivity contribution in [3.8, 4) is 0 Å². The molecule has 6 nitrogen and oxygen atoms in total. The maximum Gasteiger partial charge on any atom is 0.322 e. The zero-order chi connectivity index (χ0) is 15.1. The fraction of sp³-hybridized carbons (Fsp3) is 0.417. The molecule has 0 bridgehead atoms. The third-order valence-electron chi connectivity index (χ3n) is 3.37. The molecule has 1 aliphatic heterocycles. The van der Waals surface area contributed by atoms with Crippen LogP contribution in [0.2, 0.25) is 5.02 Å². The van der Waals surface area contributed by atoms with Crippen LogP contribution in [0, 0.1) is 6.92 Å². The molecule has 0 amide bonds. The van der Waals surface area contributed by atoms with Crippen molar-refractivity contribution >= 4 is 33.3 Å². The Balaban J connectivity index is 2.50. The van der Waals surface area contributed by atoms with Gasteiger partial charge >= 0.3 is 5.97 Å². The molecule has 1 fully saturated rings. The van der Waals surface area contributed by atoms with Crippen molar-refractivity contribution in [1.29, 1.82) is 0 Å². The number of benzene rings is 1. The molecule has 1 aliphatic rings. The van der Waals surface area contributed by atoms with E-state index in [9.17, 15) is 13.2 Å². The number of hydrogen-bond donors (Lipinski definition) is 2. The van der Waals surface area contributed by atoms with Gasteiger partial charge < -0.3 is 10.8 Å². The van der Waals surface area contributed by atoms with Gasteiger partial charge in [0.1, 0.15) is 10.9 Å².